The molecule has 1 amide bonds. The zero-order valence-electron chi connectivity index (χ0n) is 17.8. The van der Waals surface area contributed by atoms with E-state index < -0.39 is 11.1 Å². The predicted octanol–water partition coefficient (Wildman–Crippen LogP) is 4.50. The van der Waals surface area contributed by atoms with E-state index in [4.69, 9.17) is 10.6 Å². The van der Waals surface area contributed by atoms with E-state index in [2.05, 4.69) is 15.5 Å². The van der Waals surface area contributed by atoms with Crippen LogP contribution in [0, 0.1) is 5.82 Å². The Balaban J connectivity index is 1.34. The molecule has 0 fully saturated rings. The monoisotopic (exact) mass is 463 g/mol. The van der Waals surface area contributed by atoms with Crippen molar-refractivity contribution in [1.29, 1.82) is 0 Å². The average molecular weight is 464 g/mol. The molecular formula is C24H22FN5O2S. The van der Waals surface area contributed by atoms with Crippen molar-refractivity contribution >= 4 is 23.4 Å². The molecule has 33 heavy (non-hydrogen) atoms. The maximum absolute atomic E-state index is 14.0. The number of carbonyl (C=O) groups excluding carboxylic acids is 1. The van der Waals surface area contributed by atoms with Gasteiger partial charge in [-0.05, 0) is 48.9 Å². The standard InChI is InChI=1S/C24H22FN5O2S/c1-16(33-24-29-28-22(30(24)26)20-9-5-6-10-21(20)25)23(31)27-18-11-13-19(14-12-18)32-15-17-7-3-2-4-8-17/h2-14,16H,15,26H2,1H3,(H,27,31)/t16-/m0/s1. The molecule has 0 aliphatic heterocycles. The first-order chi connectivity index (χ1) is 16.0. The Labute approximate surface area is 194 Å². The third kappa shape index (κ3) is 5.50. The summed E-state index contributed by atoms with van der Waals surface area (Å²) < 4.78 is 21.0. The average Bonchev–Trinajstić information content (AvgIpc) is 3.19. The molecule has 0 unspecified atom stereocenters. The van der Waals surface area contributed by atoms with Gasteiger partial charge in [0.15, 0.2) is 5.82 Å². The summed E-state index contributed by atoms with van der Waals surface area (Å²) in [6.45, 7) is 2.20. The van der Waals surface area contributed by atoms with Crippen LogP contribution in [0.1, 0.15) is 12.5 Å². The third-order valence-corrected chi connectivity index (χ3v) is 5.86. The number of hydrogen-bond donors (Lipinski definition) is 2. The Morgan fingerprint density at radius 3 is 2.48 bits per heavy atom. The molecule has 1 atom stereocenters. The Hall–Kier alpha value is -3.85. The highest BCUT2D eigenvalue weighted by atomic mass is 32.2. The Kier molecular flexibility index (Phi) is 6.89. The number of halogens is 1. The number of carbonyl (C=O) groups is 1. The molecule has 0 spiro atoms. The number of nitrogens with one attached hydrogen (secondary N) is 1. The van der Waals surface area contributed by atoms with Gasteiger partial charge in [0.25, 0.3) is 0 Å². The summed E-state index contributed by atoms with van der Waals surface area (Å²) >= 11 is 1.13. The van der Waals surface area contributed by atoms with Crippen LogP contribution >= 0.6 is 11.8 Å². The second kappa shape index (κ2) is 10.2. The van der Waals surface area contributed by atoms with Crippen molar-refractivity contribution in [2.45, 2.75) is 23.9 Å². The van der Waals surface area contributed by atoms with Crippen LogP contribution in [0.25, 0.3) is 11.4 Å². The number of nitrogen functional groups attached to an aromatic ring is 1. The fourth-order valence-electron chi connectivity index (χ4n) is 3.01. The molecule has 9 heteroatoms. The van der Waals surface area contributed by atoms with Gasteiger partial charge >= 0.3 is 0 Å². The van der Waals surface area contributed by atoms with Gasteiger partial charge < -0.3 is 15.9 Å². The van der Waals surface area contributed by atoms with Crippen LogP contribution < -0.4 is 15.9 Å². The number of amides is 1. The second-order valence-electron chi connectivity index (χ2n) is 7.20. The van der Waals surface area contributed by atoms with E-state index >= 15 is 0 Å². The lowest BCUT2D eigenvalue weighted by molar-refractivity contribution is -0.115. The molecular weight excluding hydrogens is 441 g/mol. The van der Waals surface area contributed by atoms with Gasteiger partial charge in [-0.2, -0.15) is 0 Å². The van der Waals surface area contributed by atoms with E-state index in [0.29, 0.717) is 23.2 Å². The maximum Gasteiger partial charge on any atom is 0.237 e. The highest BCUT2D eigenvalue weighted by Crippen LogP contribution is 2.27. The molecule has 4 aromatic rings. The van der Waals surface area contributed by atoms with Crippen LogP contribution in [0.2, 0.25) is 0 Å². The molecule has 0 radical (unpaired) electrons. The Bertz CT molecular complexity index is 1230. The number of nitrogens with zero attached hydrogens (tertiary/aromatic N) is 3. The molecule has 0 aliphatic rings. The van der Waals surface area contributed by atoms with E-state index in [-0.39, 0.29) is 17.3 Å². The third-order valence-electron chi connectivity index (χ3n) is 4.80. The van der Waals surface area contributed by atoms with Crippen molar-refractivity contribution in [1.82, 2.24) is 14.9 Å². The van der Waals surface area contributed by atoms with Gasteiger partial charge in [-0.3, -0.25) is 4.79 Å². The fourth-order valence-corrected chi connectivity index (χ4v) is 3.78. The lowest BCUT2D eigenvalue weighted by Crippen LogP contribution is -2.23. The van der Waals surface area contributed by atoms with Gasteiger partial charge in [0.1, 0.15) is 18.2 Å². The van der Waals surface area contributed by atoms with Gasteiger partial charge in [0.05, 0.1) is 10.8 Å². The lowest BCUT2D eigenvalue weighted by Gasteiger charge is -2.12. The molecule has 1 heterocycles. The highest BCUT2D eigenvalue weighted by molar-refractivity contribution is 8.00. The van der Waals surface area contributed by atoms with Crippen LogP contribution in [-0.4, -0.2) is 26.0 Å². The highest BCUT2D eigenvalue weighted by Gasteiger charge is 2.21. The van der Waals surface area contributed by atoms with E-state index in [1.54, 1.807) is 49.4 Å². The first-order valence-corrected chi connectivity index (χ1v) is 11.1. The normalized spacial score (nSPS) is 11.7. The summed E-state index contributed by atoms with van der Waals surface area (Å²) in [4.78, 5) is 12.6. The molecule has 0 saturated heterocycles. The maximum atomic E-state index is 14.0. The number of rotatable bonds is 8. The van der Waals surface area contributed by atoms with E-state index in [0.717, 1.165) is 17.3 Å². The second-order valence-corrected chi connectivity index (χ2v) is 8.51. The van der Waals surface area contributed by atoms with E-state index in [1.807, 2.05) is 30.3 Å². The van der Waals surface area contributed by atoms with Gasteiger partial charge in [-0.1, -0.05) is 54.2 Å². The summed E-state index contributed by atoms with van der Waals surface area (Å²) in [6, 6.07) is 23.2. The molecule has 0 aliphatic carbocycles. The van der Waals surface area contributed by atoms with Gasteiger partial charge in [0.2, 0.25) is 11.1 Å². The van der Waals surface area contributed by atoms with Gasteiger partial charge in [-0.25, -0.2) is 9.07 Å². The molecule has 3 N–H and O–H groups in total. The molecule has 0 saturated carbocycles. The van der Waals surface area contributed by atoms with Crippen molar-refractivity contribution in [3.63, 3.8) is 0 Å². The number of benzene rings is 3. The number of anilines is 1. The number of hydrogen-bond acceptors (Lipinski definition) is 6. The molecule has 7 nitrogen and oxygen atoms in total. The topological polar surface area (TPSA) is 95.1 Å². The molecule has 3 aromatic carbocycles. The summed E-state index contributed by atoms with van der Waals surface area (Å²) in [7, 11) is 0. The minimum Gasteiger partial charge on any atom is -0.489 e. The van der Waals surface area contributed by atoms with E-state index in [9.17, 15) is 9.18 Å². The van der Waals surface area contributed by atoms with Crippen molar-refractivity contribution in [3.8, 4) is 17.1 Å². The largest absolute Gasteiger partial charge is 0.489 e. The predicted molar refractivity (Wildman–Crippen MR) is 127 cm³/mol. The smallest absolute Gasteiger partial charge is 0.237 e. The van der Waals surface area contributed by atoms with Crippen LogP contribution in [0.15, 0.2) is 84.0 Å². The van der Waals surface area contributed by atoms with Crippen LogP contribution in [0.4, 0.5) is 10.1 Å². The summed E-state index contributed by atoms with van der Waals surface area (Å²) in [6.07, 6.45) is 0. The van der Waals surface area contributed by atoms with Crippen molar-refractivity contribution in [2.24, 2.45) is 0 Å². The van der Waals surface area contributed by atoms with Gasteiger partial charge in [0, 0.05) is 5.69 Å². The molecule has 0 bridgehead atoms. The summed E-state index contributed by atoms with van der Waals surface area (Å²) in [5.74, 6) is 6.27. The molecule has 1 aromatic heterocycles. The quantitative estimate of drug-likeness (QED) is 0.295. The Morgan fingerprint density at radius 1 is 1.06 bits per heavy atom. The van der Waals surface area contributed by atoms with E-state index in [1.165, 1.54) is 10.7 Å². The first kappa shape index (κ1) is 22.3. The number of thioether (sulfide) groups is 1. The van der Waals surface area contributed by atoms with Gasteiger partial charge in [-0.15, -0.1) is 10.2 Å². The first-order valence-electron chi connectivity index (χ1n) is 10.2. The number of aromatic nitrogens is 3. The van der Waals surface area contributed by atoms with Crippen molar-refractivity contribution < 1.29 is 13.9 Å². The minimum absolute atomic E-state index is 0.189. The fraction of sp³-hybridized carbons (Fsp3) is 0.125. The minimum atomic E-state index is -0.515. The zero-order chi connectivity index (χ0) is 23.2. The number of nitrogens with two attached hydrogens (primary N) is 1. The zero-order valence-corrected chi connectivity index (χ0v) is 18.6. The lowest BCUT2D eigenvalue weighted by atomic mass is 10.2. The van der Waals surface area contributed by atoms with Crippen LogP contribution in [0.5, 0.6) is 5.75 Å². The summed E-state index contributed by atoms with van der Waals surface area (Å²) in [5.41, 5.74) is 1.96. The number of ether oxygens (including phenoxy) is 1. The SMILES string of the molecule is C[C@H](Sc1nnc(-c2ccccc2F)n1N)C(=O)Nc1ccc(OCc2ccccc2)cc1. The van der Waals surface area contributed by atoms with Crippen molar-refractivity contribution in [2.75, 3.05) is 11.2 Å². The summed E-state index contributed by atoms with van der Waals surface area (Å²) in [5, 5.41) is 10.6. The van der Waals surface area contributed by atoms with Crippen LogP contribution in [-0.2, 0) is 11.4 Å². The molecule has 4 rings (SSSR count). The Morgan fingerprint density at radius 2 is 1.76 bits per heavy atom. The van der Waals surface area contributed by atoms with Crippen LogP contribution in [0.3, 0.4) is 0 Å². The molecule has 168 valence electrons. The van der Waals surface area contributed by atoms with Crippen molar-refractivity contribution in [3.05, 3.63) is 90.2 Å².